The first kappa shape index (κ1) is 19.5. The smallest absolute Gasteiger partial charge is 0.188 e. The molecule has 0 fully saturated rings. The Morgan fingerprint density at radius 1 is 1.41 bits per heavy atom. The largest absolute Gasteiger partial charge is 0.370 e. The summed E-state index contributed by atoms with van der Waals surface area (Å²) in [6.45, 7) is 9.42. The van der Waals surface area contributed by atoms with Crippen molar-refractivity contribution in [1.29, 1.82) is 0 Å². The van der Waals surface area contributed by atoms with Crippen LogP contribution in [0.2, 0.25) is 0 Å². The van der Waals surface area contributed by atoms with Gasteiger partial charge in [-0.3, -0.25) is 9.20 Å². The Hall–Kier alpha value is 0.150. The predicted molar refractivity (Wildman–Crippen MR) is 87.6 cm³/mol. The van der Waals surface area contributed by atoms with Gasteiger partial charge in [0.15, 0.2) is 5.96 Å². The number of hydrogen-bond acceptors (Lipinski definition) is 2. The van der Waals surface area contributed by atoms with Crippen LogP contribution in [0.15, 0.2) is 4.99 Å². The molecule has 17 heavy (non-hydrogen) atoms. The summed E-state index contributed by atoms with van der Waals surface area (Å²) >= 11 is 0. The van der Waals surface area contributed by atoms with E-state index in [1.807, 2.05) is 20.8 Å². The number of rotatable bonds is 6. The van der Waals surface area contributed by atoms with Crippen molar-refractivity contribution in [2.24, 2.45) is 10.7 Å². The molecule has 0 amide bonds. The molecule has 0 aromatic carbocycles. The van der Waals surface area contributed by atoms with Gasteiger partial charge < -0.3 is 11.1 Å². The summed E-state index contributed by atoms with van der Waals surface area (Å²) in [6.07, 6.45) is 2.17. The summed E-state index contributed by atoms with van der Waals surface area (Å²) in [5.41, 5.74) is 5.65. The number of halogens is 1. The van der Waals surface area contributed by atoms with Crippen LogP contribution in [0.3, 0.4) is 0 Å². The van der Waals surface area contributed by atoms with E-state index in [-0.39, 0.29) is 28.7 Å². The van der Waals surface area contributed by atoms with Crippen LogP contribution in [0.5, 0.6) is 0 Å². The van der Waals surface area contributed by atoms with E-state index < -0.39 is 10.8 Å². The summed E-state index contributed by atoms with van der Waals surface area (Å²) in [7, 11) is -0.834. The Balaban J connectivity index is 0. The quantitative estimate of drug-likeness (QED) is 0.322. The molecule has 0 bridgehead atoms. The Morgan fingerprint density at radius 2 is 2.00 bits per heavy atom. The third-order valence-corrected chi connectivity index (χ3v) is 4.01. The summed E-state index contributed by atoms with van der Waals surface area (Å²) < 4.78 is 11.5. The van der Waals surface area contributed by atoms with Gasteiger partial charge in [0.25, 0.3) is 0 Å². The number of nitrogens with two attached hydrogens (primary N) is 1. The van der Waals surface area contributed by atoms with E-state index >= 15 is 0 Å². The lowest BCUT2D eigenvalue weighted by Crippen LogP contribution is -2.36. The molecule has 3 N–H and O–H groups in total. The summed E-state index contributed by atoms with van der Waals surface area (Å²) in [5, 5.41) is 2.98. The van der Waals surface area contributed by atoms with Gasteiger partial charge in [0.05, 0.1) is 0 Å². The van der Waals surface area contributed by atoms with Crippen LogP contribution in [0.4, 0.5) is 0 Å². The zero-order chi connectivity index (χ0) is 12.6. The van der Waals surface area contributed by atoms with Gasteiger partial charge in [-0.05, 0) is 27.2 Å². The maximum atomic E-state index is 11.7. The summed E-state index contributed by atoms with van der Waals surface area (Å²) in [4.78, 5) is 4.16. The topological polar surface area (TPSA) is 67.5 Å². The first-order valence-electron chi connectivity index (χ1n) is 5.80. The van der Waals surface area contributed by atoms with Crippen molar-refractivity contribution in [1.82, 2.24) is 5.32 Å². The fraction of sp³-hybridized carbons (Fsp3) is 0.909. The molecule has 1 unspecified atom stereocenters. The van der Waals surface area contributed by atoms with Crippen molar-refractivity contribution in [3.05, 3.63) is 0 Å². The number of unbranched alkanes of at least 4 members (excludes halogenated alkanes) is 1. The van der Waals surface area contributed by atoms with Gasteiger partial charge in [-0.2, -0.15) is 0 Å². The molecule has 0 rings (SSSR count). The first-order valence-corrected chi connectivity index (χ1v) is 7.12. The summed E-state index contributed by atoms with van der Waals surface area (Å²) in [5.74, 6) is 1.06. The number of aliphatic imine (C=N–C) groups is 1. The third kappa shape index (κ3) is 11.0. The van der Waals surface area contributed by atoms with Crippen molar-refractivity contribution in [2.75, 3.05) is 18.8 Å². The highest BCUT2D eigenvalue weighted by atomic mass is 127. The van der Waals surface area contributed by atoms with Gasteiger partial charge in [0.1, 0.15) is 0 Å². The number of nitrogens with zero attached hydrogens (tertiary/aromatic N) is 1. The van der Waals surface area contributed by atoms with Crippen molar-refractivity contribution < 1.29 is 4.21 Å². The van der Waals surface area contributed by atoms with Gasteiger partial charge >= 0.3 is 0 Å². The molecule has 6 heteroatoms. The number of guanidine groups is 1. The minimum atomic E-state index is -0.834. The van der Waals surface area contributed by atoms with E-state index in [9.17, 15) is 4.21 Å². The average Bonchev–Trinajstić information content (AvgIpc) is 2.16. The van der Waals surface area contributed by atoms with Gasteiger partial charge in [-0.25, -0.2) is 0 Å². The van der Waals surface area contributed by atoms with Gasteiger partial charge in [-0.15, -0.1) is 24.0 Å². The van der Waals surface area contributed by atoms with Crippen LogP contribution in [0, 0.1) is 0 Å². The highest BCUT2D eigenvalue weighted by Gasteiger charge is 2.18. The van der Waals surface area contributed by atoms with E-state index in [0.717, 1.165) is 19.4 Å². The molecule has 0 aromatic rings. The predicted octanol–water partition coefficient (Wildman–Crippen LogP) is 1.86. The standard InChI is InChI=1S/C11H25N3OS.HI/c1-5-6-7-13-10(12)14-8-9-16(15)11(2,3)4;/h5-9H2,1-4H3,(H3,12,13,14);1H. The van der Waals surface area contributed by atoms with Crippen molar-refractivity contribution in [2.45, 2.75) is 45.3 Å². The minimum Gasteiger partial charge on any atom is -0.370 e. The van der Waals surface area contributed by atoms with E-state index in [1.165, 1.54) is 0 Å². The second-order valence-electron chi connectivity index (χ2n) is 4.71. The lowest BCUT2D eigenvalue weighted by atomic mass is 10.3. The molecule has 0 aromatic heterocycles. The van der Waals surface area contributed by atoms with E-state index in [4.69, 9.17) is 5.73 Å². The van der Waals surface area contributed by atoms with Crippen molar-refractivity contribution in [3.8, 4) is 0 Å². The molecule has 0 aliphatic carbocycles. The molecule has 0 radical (unpaired) electrons. The SMILES string of the molecule is CCCCN=C(N)NCCS(=O)C(C)(C)C.I. The zero-order valence-corrected chi connectivity index (χ0v) is 14.4. The van der Waals surface area contributed by atoms with Crippen molar-refractivity contribution >= 4 is 40.7 Å². The van der Waals surface area contributed by atoms with E-state index in [1.54, 1.807) is 0 Å². The molecule has 1 atom stereocenters. The van der Waals surface area contributed by atoms with Gasteiger partial charge in [0, 0.05) is 34.4 Å². The Bertz CT molecular complexity index is 252. The molecule has 0 heterocycles. The highest BCUT2D eigenvalue weighted by Crippen LogP contribution is 2.10. The third-order valence-electron chi connectivity index (χ3n) is 2.07. The van der Waals surface area contributed by atoms with Crippen LogP contribution in [0.1, 0.15) is 40.5 Å². The maximum Gasteiger partial charge on any atom is 0.188 e. The molecular weight excluding hydrogens is 349 g/mol. The van der Waals surface area contributed by atoms with Crippen LogP contribution in [0.25, 0.3) is 0 Å². The maximum absolute atomic E-state index is 11.7. The lowest BCUT2D eigenvalue weighted by molar-refractivity contribution is 0.647. The van der Waals surface area contributed by atoms with E-state index in [2.05, 4.69) is 17.2 Å². The van der Waals surface area contributed by atoms with E-state index in [0.29, 0.717) is 18.3 Å². The molecule has 104 valence electrons. The molecule has 0 spiro atoms. The highest BCUT2D eigenvalue weighted by molar-refractivity contribution is 14.0. The van der Waals surface area contributed by atoms with Crippen LogP contribution in [-0.2, 0) is 10.8 Å². The summed E-state index contributed by atoms with van der Waals surface area (Å²) in [6, 6.07) is 0. The number of nitrogens with one attached hydrogen (secondary N) is 1. The van der Waals surface area contributed by atoms with Gasteiger partial charge in [-0.1, -0.05) is 13.3 Å². The lowest BCUT2D eigenvalue weighted by Gasteiger charge is -2.17. The molecule has 0 aliphatic rings. The average molecular weight is 375 g/mol. The fourth-order valence-corrected chi connectivity index (χ4v) is 1.89. The molecular formula is C11H26IN3OS. The fourth-order valence-electron chi connectivity index (χ4n) is 0.992. The molecule has 0 saturated heterocycles. The normalized spacial score (nSPS) is 14.0. The number of hydrogen-bond donors (Lipinski definition) is 2. The first-order chi connectivity index (χ1) is 7.38. The van der Waals surface area contributed by atoms with Crippen LogP contribution in [-0.4, -0.2) is 33.8 Å². The Kier molecular flexibility index (Phi) is 11.6. The zero-order valence-electron chi connectivity index (χ0n) is 11.3. The second kappa shape index (κ2) is 10.1. The van der Waals surface area contributed by atoms with Crippen LogP contribution < -0.4 is 11.1 Å². The Labute approximate surface area is 125 Å². The Morgan fingerprint density at radius 3 is 2.47 bits per heavy atom. The monoisotopic (exact) mass is 375 g/mol. The molecule has 0 aliphatic heterocycles. The second-order valence-corrected chi connectivity index (χ2v) is 7.03. The molecule has 4 nitrogen and oxygen atoms in total. The van der Waals surface area contributed by atoms with Crippen LogP contribution >= 0.6 is 24.0 Å². The molecule has 0 saturated carbocycles. The van der Waals surface area contributed by atoms with Gasteiger partial charge in [0.2, 0.25) is 0 Å². The minimum absolute atomic E-state index is 0. The van der Waals surface area contributed by atoms with Crippen molar-refractivity contribution in [3.63, 3.8) is 0 Å².